The molecule has 0 bridgehead atoms. The first-order valence-corrected chi connectivity index (χ1v) is 10.3. The van der Waals surface area contributed by atoms with E-state index in [1.54, 1.807) is 0 Å². The molecule has 0 aliphatic rings. The number of aliphatic carboxylic acids is 1. The lowest BCUT2D eigenvalue weighted by atomic mass is 10.0. The lowest BCUT2D eigenvalue weighted by Gasteiger charge is -2.15. The molecule has 1 unspecified atom stereocenters. The van der Waals surface area contributed by atoms with Crippen molar-refractivity contribution in [1.82, 2.24) is 5.32 Å². The number of carboxylic acid groups (broad SMARTS) is 1. The van der Waals surface area contributed by atoms with Crippen LogP contribution in [0.1, 0.15) is 76.7 Å². The van der Waals surface area contributed by atoms with Crippen LogP contribution in [0, 0.1) is 10.1 Å². The highest BCUT2D eigenvalue weighted by Gasteiger charge is 2.22. The number of phenolic OH excluding ortho intramolecular Hbond substituents is 1. The molecule has 1 aromatic carbocycles. The van der Waals surface area contributed by atoms with E-state index in [0.717, 1.165) is 31.4 Å². The van der Waals surface area contributed by atoms with Gasteiger partial charge in [0.1, 0.15) is 6.04 Å². The lowest BCUT2D eigenvalue weighted by Crippen LogP contribution is -2.42. The van der Waals surface area contributed by atoms with E-state index in [4.69, 9.17) is 0 Å². The first-order chi connectivity index (χ1) is 13.8. The van der Waals surface area contributed by atoms with Gasteiger partial charge in [0.05, 0.1) is 4.92 Å². The minimum Gasteiger partial charge on any atom is -0.502 e. The van der Waals surface area contributed by atoms with Crippen molar-refractivity contribution in [3.63, 3.8) is 0 Å². The number of carbonyl (C=O) groups is 2. The Balaban J connectivity index is 2.38. The molecule has 3 N–H and O–H groups in total. The molecule has 8 heteroatoms. The molecule has 0 spiro atoms. The van der Waals surface area contributed by atoms with Crippen molar-refractivity contribution in [2.75, 3.05) is 0 Å². The van der Waals surface area contributed by atoms with E-state index in [9.17, 15) is 29.9 Å². The predicted molar refractivity (Wildman–Crippen MR) is 110 cm³/mol. The summed E-state index contributed by atoms with van der Waals surface area (Å²) in [5, 5.41) is 32.2. The fraction of sp³-hybridized carbons (Fsp3) is 0.619. The fourth-order valence-electron chi connectivity index (χ4n) is 3.14. The van der Waals surface area contributed by atoms with Crippen LogP contribution < -0.4 is 5.32 Å². The maximum absolute atomic E-state index is 12.1. The van der Waals surface area contributed by atoms with Crippen molar-refractivity contribution in [2.45, 2.75) is 83.6 Å². The van der Waals surface area contributed by atoms with Crippen LogP contribution in [-0.2, 0) is 16.0 Å². The number of nitrogens with one attached hydrogen (secondary N) is 1. The van der Waals surface area contributed by atoms with Gasteiger partial charge in [-0.3, -0.25) is 14.9 Å². The number of aromatic hydroxyl groups is 1. The number of rotatable bonds is 15. The van der Waals surface area contributed by atoms with Crippen LogP contribution in [0.15, 0.2) is 18.2 Å². The summed E-state index contributed by atoms with van der Waals surface area (Å²) in [5.41, 5.74) is -0.141. The van der Waals surface area contributed by atoms with Crippen LogP contribution >= 0.6 is 0 Å². The van der Waals surface area contributed by atoms with Crippen molar-refractivity contribution in [3.05, 3.63) is 33.9 Å². The Hall–Kier alpha value is -2.64. The van der Waals surface area contributed by atoms with Gasteiger partial charge in [-0.1, -0.05) is 64.4 Å². The Bertz CT molecular complexity index is 677. The third-order valence-corrected chi connectivity index (χ3v) is 4.82. The molecule has 0 radical (unpaired) electrons. The van der Waals surface area contributed by atoms with E-state index in [-0.39, 0.29) is 18.7 Å². The summed E-state index contributed by atoms with van der Waals surface area (Å²) >= 11 is 0. The summed E-state index contributed by atoms with van der Waals surface area (Å²) in [6.07, 6.45) is 10.3. The molecule has 8 nitrogen and oxygen atoms in total. The number of hydrogen-bond acceptors (Lipinski definition) is 5. The number of nitro groups is 1. The van der Waals surface area contributed by atoms with E-state index in [1.165, 1.54) is 38.2 Å². The Labute approximate surface area is 171 Å². The molecule has 0 aromatic heterocycles. The SMILES string of the molecule is CCCCCCCCCCCC(=O)NC(Cc1ccc(O)c([N+](=O)[O-])c1)C(=O)O. The van der Waals surface area contributed by atoms with Gasteiger partial charge in [0.25, 0.3) is 0 Å². The molecule has 0 saturated carbocycles. The van der Waals surface area contributed by atoms with Crippen LogP contribution in [0.3, 0.4) is 0 Å². The molecule has 0 fully saturated rings. The highest BCUT2D eigenvalue weighted by Crippen LogP contribution is 2.26. The van der Waals surface area contributed by atoms with Gasteiger partial charge in [-0.2, -0.15) is 0 Å². The maximum atomic E-state index is 12.1. The zero-order valence-electron chi connectivity index (χ0n) is 17.1. The summed E-state index contributed by atoms with van der Waals surface area (Å²) in [7, 11) is 0. The van der Waals surface area contributed by atoms with Gasteiger partial charge >= 0.3 is 11.7 Å². The number of benzene rings is 1. The number of carbonyl (C=O) groups excluding carboxylic acids is 1. The molecular weight excluding hydrogens is 376 g/mol. The van der Waals surface area contributed by atoms with Crippen molar-refractivity contribution in [2.24, 2.45) is 0 Å². The standard InChI is InChI=1S/C21H32N2O6/c1-2-3-4-5-6-7-8-9-10-11-20(25)22-17(21(26)27)14-16-12-13-19(24)18(15-16)23(28)29/h12-13,15,17,24H,2-11,14H2,1H3,(H,22,25)(H,26,27). The van der Waals surface area contributed by atoms with Gasteiger partial charge in [-0.25, -0.2) is 4.79 Å². The van der Waals surface area contributed by atoms with Gasteiger partial charge in [-0.15, -0.1) is 0 Å². The van der Waals surface area contributed by atoms with Gasteiger partial charge < -0.3 is 15.5 Å². The number of amides is 1. The normalized spacial score (nSPS) is 11.8. The monoisotopic (exact) mass is 408 g/mol. The van der Waals surface area contributed by atoms with Crippen LogP contribution in [0.25, 0.3) is 0 Å². The molecule has 29 heavy (non-hydrogen) atoms. The Kier molecular flexibility index (Phi) is 11.4. The molecule has 1 atom stereocenters. The molecule has 0 aliphatic carbocycles. The largest absolute Gasteiger partial charge is 0.502 e. The molecule has 0 aliphatic heterocycles. The Morgan fingerprint density at radius 1 is 1.07 bits per heavy atom. The van der Waals surface area contributed by atoms with E-state index in [1.807, 2.05) is 0 Å². The van der Waals surface area contributed by atoms with Crippen molar-refractivity contribution >= 4 is 17.6 Å². The Morgan fingerprint density at radius 2 is 1.66 bits per heavy atom. The van der Waals surface area contributed by atoms with Crippen LogP contribution in [0.5, 0.6) is 5.75 Å². The van der Waals surface area contributed by atoms with Gasteiger partial charge in [0.15, 0.2) is 5.75 Å². The van der Waals surface area contributed by atoms with Crippen molar-refractivity contribution in [3.8, 4) is 5.75 Å². The van der Waals surface area contributed by atoms with Crippen LogP contribution in [0.2, 0.25) is 0 Å². The molecule has 1 amide bonds. The van der Waals surface area contributed by atoms with Crippen LogP contribution in [-0.4, -0.2) is 33.1 Å². The second-order valence-electron chi connectivity index (χ2n) is 7.32. The molecule has 0 saturated heterocycles. The zero-order chi connectivity index (χ0) is 21.6. The maximum Gasteiger partial charge on any atom is 0.326 e. The summed E-state index contributed by atoms with van der Waals surface area (Å²) in [6, 6.07) is 2.50. The van der Waals surface area contributed by atoms with E-state index in [0.29, 0.717) is 12.0 Å². The lowest BCUT2D eigenvalue weighted by molar-refractivity contribution is -0.385. The van der Waals surface area contributed by atoms with E-state index >= 15 is 0 Å². The Morgan fingerprint density at radius 3 is 2.21 bits per heavy atom. The second-order valence-corrected chi connectivity index (χ2v) is 7.32. The zero-order valence-corrected chi connectivity index (χ0v) is 17.1. The van der Waals surface area contributed by atoms with Gasteiger partial charge in [0.2, 0.25) is 5.91 Å². The first-order valence-electron chi connectivity index (χ1n) is 10.3. The highest BCUT2D eigenvalue weighted by atomic mass is 16.6. The minimum absolute atomic E-state index is 0.0973. The average Bonchev–Trinajstić information content (AvgIpc) is 2.67. The third-order valence-electron chi connectivity index (χ3n) is 4.82. The number of nitro benzene ring substituents is 1. The number of unbranched alkanes of at least 4 members (excludes halogenated alkanes) is 8. The van der Waals surface area contributed by atoms with Gasteiger partial charge in [0, 0.05) is 18.9 Å². The van der Waals surface area contributed by atoms with Crippen molar-refractivity contribution in [1.29, 1.82) is 0 Å². The molecule has 1 aromatic rings. The number of nitrogens with zero attached hydrogens (tertiary/aromatic N) is 1. The van der Waals surface area contributed by atoms with Crippen LogP contribution in [0.4, 0.5) is 5.69 Å². The number of phenols is 1. The first kappa shape index (κ1) is 24.4. The summed E-state index contributed by atoms with van der Waals surface area (Å²) < 4.78 is 0. The van der Waals surface area contributed by atoms with Gasteiger partial charge in [-0.05, 0) is 18.1 Å². The topological polar surface area (TPSA) is 130 Å². The number of carboxylic acids is 1. The number of hydrogen-bond donors (Lipinski definition) is 3. The fourth-order valence-corrected chi connectivity index (χ4v) is 3.14. The summed E-state index contributed by atoms with van der Waals surface area (Å²) in [6.45, 7) is 2.19. The highest BCUT2D eigenvalue weighted by molar-refractivity contribution is 5.83. The predicted octanol–water partition coefficient (Wildman–Crippen LogP) is 4.33. The molecule has 1 rings (SSSR count). The molecule has 162 valence electrons. The van der Waals surface area contributed by atoms with E-state index in [2.05, 4.69) is 12.2 Å². The minimum atomic E-state index is -1.21. The third kappa shape index (κ3) is 9.91. The van der Waals surface area contributed by atoms with Crippen molar-refractivity contribution < 1.29 is 24.7 Å². The molecular formula is C21H32N2O6. The van der Waals surface area contributed by atoms with E-state index < -0.39 is 28.4 Å². The quantitative estimate of drug-likeness (QED) is 0.225. The average molecular weight is 408 g/mol. The summed E-state index contributed by atoms with van der Waals surface area (Å²) in [4.78, 5) is 33.7. The smallest absolute Gasteiger partial charge is 0.326 e. The molecule has 0 heterocycles. The summed E-state index contributed by atoms with van der Waals surface area (Å²) in [5.74, 6) is -2.03. The second kappa shape index (κ2) is 13.5.